The molecule has 0 spiro atoms. The summed E-state index contributed by atoms with van der Waals surface area (Å²) in [6, 6.07) is 5.71. The lowest BCUT2D eigenvalue weighted by Gasteiger charge is -2.08. The van der Waals surface area contributed by atoms with E-state index >= 15 is 0 Å². The average Bonchev–Trinajstić information content (AvgIpc) is 2.90. The van der Waals surface area contributed by atoms with Crippen LogP contribution in [0.3, 0.4) is 0 Å². The van der Waals surface area contributed by atoms with Crippen molar-refractivity contribution in [2.45, 2.75) is 0 Å². The van der Waals surface area contributed by atoms with Crippen LogP contribution >= 0.6 is 27.3 Å². The quantitative estimate of drug-likeness (QED) is 0.634. The van der Waals surface area contributed by atoms with Crippen molar-refractivity contribution in [2.75, 3.05) is 5.32 Å². The summed E-state index contributed by atoms with van der Waals surface area (Å²) in [5, 5.41) is 14.1. The molecule has 5 nitrogen and oxygen atoms in total. The summed E-state index contributed by atoms with van der Waals surface area (Å²) in [4.78, 5) is 26.6. The highest BCUT2D eigenvalue weighted by atomic mass is 79.9. The van der Waals surface area contributed by atoms with E-state index < -0.39 is 28.6 Å². The number of fused-ring (bicyclic) bond motifs is 1. The maximum absolute atomic E-state index is 13.7. The van der Waals surface area contributed by atoms with Crippen molar-refractivity contribution >= 4 is 49.1 Å². The average molecular weight is 383 g/mol. The summed E-state index contributed by atoms with van der Waals surface area (Å²) in [6.07, 6.45) is 0. The van der Waals surface area contributed by atoms with Crippen molar-refractivity contribution in [3.05, 3.63) is 55.9 Å². The van der Waals surface area contributed by atoms with E-state index in [2.05, 4.69) is 26.2 Å². The van der Waals surface area contributed by atoms with Gasteiger partial charge in [-0.15, -0.1) is 11.3 Å². The summed E-state index contributed by atoms with van der Waals surface area (Å²) in [5.74, 6) is -1.95. The first-order valence-corrected chi connectivity index (χ1v) is 7.73. The van der Waals surface area contributed by atoms with Crippen LogP contribution in [0.25, 0.3) is 10.2 Å². The lowest BCUT2D eigenvalue weighted by Crippen LogP contribution is -2.23. The molecule has 0 bridgehead atoms. The second kappa shape index (κ2) is 5.54. The van der Waals surface area contributed by atoms with Crippen LogP contribution in [0, 0.1) is 5.82 Å². The van der Waals surface area contributed by atoms with Crippen LogP contribution in [0.1, 0.15) is 10.4 Å². The Morgan fingerprint density at radius 3 is 2.86 bits per heavy atom. The maximum Gasteiger partial charge on any atom is 0.265 e. The van der Waals surface area contributed by atoms with E-state index in [0.717, 1.165) is 0 Å². The van der Waals surface area contributed by atoms with Crippen molar-refractivity contribution in [1.29, 1.82) is 0 Å². The molecule has 112 valence electrons. The lowest BCUT2D eigenvalue weighted by molar-refractivity contribution is 0.102. The highest BCUT2D eigenvalue weighted by molar-refractivity contribution is 9.10. The molecule has 0 radical (unpaired) electrons. The number of amides is 1. The third-order valence-electron chi connectivity index (χ3n) is 3.00. The van der Waals surface area contributed by atoms with Gasteiger partial charge in [0.1, 0.15) is 11.4 Å². The number of aromatic amines is 1. The fourth-order valence-electron chi connectivity index (χ4n) is 1.98. The number of pyridine rings is 1. The summed E-state index contributed by atoms with van der Waals surface area (Å²) >= 11 is 4.29. The van der Waals surface area contributed by atoms with Gasteiger partial charge < -0.3 is 15.4 Å². The van der Waals surface area contributed by atoms with Crippen molar-refractivity contribution in [2.24, 2.45) is 0 Å². The number of thiophene rings is 1. The molecule has 0 saturated heterocycles. The Morgan fingerprint density at radius 2 is 2.14 bits per heavy atom. The molecule has 0 aliphatic carbocycles. The topological polar surface area (TPSA) is 82.2 Å². The summed E-state index contributed by atoms with van der Waals surface area (Å²) in [6.45, 7) is 0. The number of carbonyl (C=O) groups excluding carboxylic acids is 1. The monoisotopic (exact) mass is 382 g/mol. The zero-order valence-electron chi connectivity index (χ0n) is 10.8. The molecule has 0 saturated carbocycles. The van der Waals surface area contributed by atoms with Crippen LogP contribution in [-0.2, 0) is 0 Å². The van der Waals surface area contributed by atoms with Crippen molar-refractivity contribution in [1.82, 2.24) is 4.98 Å². The lowest BCUT2D eigenvalue weighted by atomic mass is 10.2. The molecule has 1 amide bonds. The molecular weight excluding hydrogens is 375 g/mol. The van der Waals surface area contributed by atoms with E-state index in [4.69, 9.17) is 0 Å². The number of halogens is 2. The highest BCUT2D eigenvalue weighted by Gasteiger charge is 2.20. The highest BCUT2D eigenvalue weighted by Crippen LogP contribution is 2.30. The molecule has 1 aromatic carbocycles. The predicted molar refractivity (Wildman–Crippen MR) is 86.2 cm³/mol. The Bertz CT molecular complexity index is 951. The number of nitrogens with one attached hydrogen (secondary N) is 2. The van der Waals surface area contributed by atoms with Gasteiger partial charge in [-0.1, -0.05) is 15.9 Å². The van der Waals surface area contributed by atoms with Crippen LogP contribution < -0.4 is 10.9 Å². The third-order valence-corrected chi connectivity index (χ3v) is 4.41. The molecule has 3 aromatic rings. The largest absolute Gasteiger partial charge is 0.505 e. The van der Waals surface area contributed by atoms with E-state index in [1.54, 1.807) is 17.5 Å². The Labute approximate surface area is 135 Å². The zero-order chi connectivity index (χ0) is 15.9. The van der Waals surface area contributed by atoms with Crippen LogP contribution in [0.2, 0.25) is 0 Å². The fourth-order valence-corrected chi connectivity index (χ4v) is 3.12. The van der Waals surface area contributed by atoms with Crippen LogP contribution in [-0.4, -0.2) is 16.0 Å². The van der Waals surface area contributed by atoms with E-state index in [1.807, 2.05) is 0 Å². The van der Waals surface area contributed by atoms with Crippen LogP contribution in [0.5, 0.6) is 5.75 Å². The number of hydrogen-bond acceptors (Lipinski definition) is 4. The van der Waals surface area contributed by atoms with Crippen LogP contribution in [0.15, 0.2) is 38.9 Å². The minimum atomic E-state index is -0.879. The second-order valence-corrected chi connectivity index (χ2v) is 6.25. The molecule has 0 aliphatic heterocycles. The zero-order valence-corrected chi connectivity index (χ0v) is 13.2. The van der Waals surface area contributed by atoms with Gasteiger partial charge in [-0.2, -0.15) is 0 Å². The van der Waals surface area contributed by atoms with E-state index in [1.165, 1.54) is 23.5 Å². The van der Waals surface area contributed by atoms with Crippen LogP contribution in [0.4, 0.5) is 10.1 Å². The number of carbonyl (C=O) groups is 1. The summed E-state index contributed by atoms with van der Waals surface area (Å²) in [7, 11) is 0. The standard InChI is InChI=1S/C14H8BrFN2O3S/c15-6-1-2-8(7(16)5-6)17-13(20)10-11(19)12-9(3-4-22-12)18-14(10)21/h1-5H,(H,17,20)(H2,18,19,21). The first-order chi connectivity index (χ1) is 10.5. The van der Waals surface area contributed by atoms with E-state index in [0.29, 0.717) is 14.7 Å². The molecular formula is C14H8BrFN2O3S. The van der Waals surface area contributed by atoms with Gasteiger partial charge >= 0.3 is 0 Å². The Morgan fingerprint density at radius 1 is 1.36 bits per heavy atom. The molecule has 3 rings (SSSR count). The molecule has 8 heteroatoms. The molecule has 2 aromatic heterocycles. The summed E-state index contributed by atoms with van der Waals surface area (Å²) in [5.41, 5.74) is -0.826. The van der Waals surface area contributed by atoms with Gasteiger partial charge in [0.2, 0.25) is 0 Å². The number of aromatic hydroxyl groups is 1. The van der Waals surface area contributed by atoms with Crippen molar-refractivity contribution < 1.29 is 14.3 Å². The van der Waals surface area contributed by atoms with Gasteiger partial charge in [-0.05, 0) is 29.6 Å². The van der Waals surface area contributed by atoms with E-state index in [9.17, 15) is 19.1 Å². The van der Waals surface area contributed by atoms with Gasteiger partial charge in [-0.25, -0.2) is 4.39 Å². The molecule has 0 aliphatic rings. The number of anilines is 1. The predicted octanol–water partition coefficient (Wildman–Crippen LogP) is 3.45. The molecule has 0 unspecified atom stereocenters. The molecule has 0 fully saturated rings. The van der Waals surface area contributed by atoms with Crippen molar-refractivity contribution in [3.8, 4) is 5.75 Å². The van der Waals surface area contributed by atoms with Gasteiger partial charge in [-0.3, -0.25) is 9.59 Å². The second-order valence-electron chi connectivity index (χ2n) is 4.42. The number of hydrogen-bond donors (Lipinski definition) is 3. The van der Waals surface area contributed by atoms with Gasteiger partial charge in [0.25, 0.3) is 11.5 Å². The Hall–Kier alpha value is -2.19. The number of H-pyrrole nitrogens is 1. The first-order valence-electron chi connectivity index (χ1n) is 6.06. The Kier molecular flexibility index (Phi) is 3.71. The SMILES string of the molecule is O=C(Nc1ccc(Br)cc1F)c1c(O)c2sccc2[nH]c1=O. The van der Waals surface area contributed by atoms with Gasteiger partial charge in [0, 0.05) is 4.47 Å². The Balaban J connectivity index is 2.03. The smallest absolute Gasteiger partial charge is 0.265 e. The number of rotatable bonds is 2. The first kappa shape index (κ1) is 14.7. The minimum Gasteiger partial charge on any atom is -0.505 e. The maximum atomic E-state index is 13.7. The number of benzene rings is 1. The van der Waals surface area contributed by atoms with Gasteiger partial charge in [0.05, 0.1) is 15.9 Å². The molecule has 0 atom stereocenters. The van der Waals surface area contributed by atoms with Crippen molar-refractivity contribution in [3.63, 3.8) is 0 Å². The third kappa shape index (κ3) is 2.51. The minimum absolute atomic E-state index is 0.0849. The summed E-state index contributed by atoms with van der Waals surface area (Å²) < 4.78 is 14.6. The number of aromatic nitrogens is 1. The van der Waals surface area contributed by atoms with E-state index in [-0.39, 0.29) is 5.69 Å². The molecule has 2 heterocycles. The fraction of sp³-hybridized carbons (Fsp3) is 0. The molecule has 3 N–H and O–H groups in total. The normalized spacial score (nSPS) is 10.8. The molecule has 22 heavy (non-hydrogen) atoms. The van der Waals surface area contributed by atoms with Gasteiger partial charge in [0.15, 0.2) is 5.75 Å².